The van der Waals surface area contributed by atoms with E-state index in [0.717, 1.165) is 11.9 Å². The van der Waals surface area contributed by atoms with E-state index in [9.17, 15) is 4.79 Å². The fourth-order valence-corrected chi connectivity index (χ4v) is 1.84. The fraction of sp³-hybridized carbons (Fsp3) is 0.643. The summed E-state index contributed by atoms with van der Waals surface area (Å²) in [7, 11) is 3.93. The molecule has 0 radical (unpaired) electrons. The SMILES string of the molecule is CC(C)/C(=C/N(C)C)C1=C(C=O)NC(C)C(C)O1. The molecule has 2 atom stereocenters. The first-order valence-electron chi connectivity index (χ1n) is 6.38. The Bertz CT molecular complexity index is 370. The van der Waals surface area contributed by atoms with E-state index in [1.807, 2.05) is 39.0 Å². The molecule has 1 aliphatic heterocycles. The third kappa shape index (κ3) is 3.28. The number of hydrogen-bond acceptors (Lipinski definition) is 4. The van der Waals surface area contributed by atoms with Crippen molar-refractivity contribution in [1.82, 2.24) is 10.2 Å². The van der Waals surface area contributed by atoms with Gasteiger partial charge < -0.3 is 15.0 Å². The lowest BCUT2D eigenvalue weighted by Crippen LogP contribution is -2.42. The van der Waals surface area contributed by atoms with Crippen molar-refractivity contribution in [3.05, 3.63) is 23.2 Å². The maximum absolute atomic E-state index is 11.2. The number of allylic oxidation sites excluding steroid dienone is 2. The third-order valence-electron chi connectivity index (χ3n) is 3.03. The molecule has 1 heterocycles. The smallest absolute Gasteiger partial charge is 0.169 e. The largest absolute Gasteiger partial charge is 0.486 e. The summed E-state index contributed by atoms with van der Waals surface area (Å²) in [5.74, 6) is 0.971. The Balaban J connectivity index is 3.19. The standard InChI is InChI=1S/C14H24N2O2/c1-9(2)12(7-16(5)6)14-13(8-17)15-10(3)11(4)18-14/h7-11,15H,1-6H3/b12-7-. The molecule has 102 valence electrons. The van der Waals surface area contributed by atoms with Crippen molar-refractivity contribution >= 4 is 6.29 Å². The van der Waals surface area contributed by atoms with Crippen molar-refractivity contribution in [2.24, 2.45) is 5.92 Å². The lowest BCUT2D eigenvalue weighted by atomic mass is 9.99. The third-order valence-corrected chi connectivity index (χ3v) is 3.03. The summed E-state index contributed by atoms with van der Waals surface area (Å²) < 4.78 is 5.92. The van der Waals surface area contributed by atoms with E-state index in [1.54, 1.807) is 0 Å². The van der Waals surface area contributed by atoms with Gasteiger partial charge in [0.25, 0.3) is 0 Å². The summed E-state index contributed by atoms with van der Waals surface area (Å²) in [6.45, 7) is 8.20. The molecule has 0 spiro atoms. The molecule has 1 rings (SSSR count). The summed E-state index contributed by atoms with van der Waals surface area (Å²) in [6.07, 6.45) is 2.89. The van der Waals surface area contributed by atoms with Crippen LogP contribution in [0.1, 0.15) is 27.7 Å². The van der Waals surface area contributed by atoms with E-state index in [1.165, 1.54) is 0 Å². The first kappa shape index (κ1) is 14.6. The minimum atomic E-state index is 0.0491. The van der Waals surface area contributed by atoms with Crippen LogP contribution < -0.4 is 5.32 Å². The van der Waals surface area contributed by atoms with Gasteiger partial charge in [0.05, 0.1) is 6.04 Å². The van der Waals surface area contributed by atoms with Crippen LogP contribution in [0.3, 0.4) is 0 Å². The molecule has 1 N–H and O–H groups in total. The molecule has 0 aromatic rings. The minimum absolute atomic E-state index is 0.0491. The molecule has 18 heavy (non-hydrogen) atoms. The van der Waals surface area contributed by atoms with Gasteiger partial charge in [0, 0.05) is 25.9 Å². The maximum atomic E-state index is 11.2. The Kier molecular flexibility index (Phi) is 4.82. The first-order chi connectivity index (χ1) is 8.36. The van der Waals surface area contributed by atoms with Gasteiger partial charge in [0.1, 0.15) is 11.8 Å². The van der Waals surface area contributed by atoms with Gasteiger partial charge in [-0.15, -0.1) is 0 Å². The number of aldehydes is 1. The number of hydrogen-bond donors (Lipinski definition) is 1. The predicted molar refractivity (Wildman–Crippen MR) is 72.8 cm³/mol. The summed E-state index contributed by atoms with van der Waals surface area (Å²) in [6, 6.07) is 0.140. The number of nitrogens with zero attached hydrogens (tertiary/aromatic N) is 1. The second-order valence-corrected chi connectivity index (χ2v) is 5.32. The Morgan fingerprint density at radius 3 is 2.44 bits per heavy atom. The van der Waals surface area contributed by atoms with Crippen LogP contribution in [0.4, 0.5) is 0 Å². The number of carbonyl (C=O) groups is 1. The quantitative estimate of drug-likeness (QED) is 0.776. The van der Waals surface area contributed by atoms with Crippen LogP contribution in [0.15, 0.2) is 23.2 Å². The molecule has 0 aromatic carbocycles. The van der Waals surface area contributed by atoms with Crippen molar-refractivity contribution in [1.29, 1.82) is 0 Å². The Labute approximate surface area is 110 Å². The maximum Gasteiger partial charge on any atom is 0.169 e. The normalized spacial score (nSPS) is 24.7. The van der Waals surface area contributed by atoms with Crippen molar-refractivity contribution < 1.29 is 9.53 Å². The Hall–Kier alpha value is -1.45. The summed E-state index contributed by atoms with van der Waals surface area (Å²) in [5, 5.41) is 3.20. The highest BCUT2D eigenvalue weighted by atomic mass is 16.5. The molecule has 0 fully saturated rings. The van der Waals surface area contributed by atoms with Crippen LogP contribution in [0, 0.1) is 5.92 Å². The average molecular weight is 252 g/mol. The number of rotatable bonds is 4. The highest BCUT2D eigenvalue weighted by Gasteiger charge is 2.27. The molecule has 0 bridgehead atoms. The lowest BCUT2D eigenvalue weighted by molar-refractivity contribution is -0.106. The fourth-order valence-electron chi connectivity index (χ4n) is 1.84. The molecule has 4 nitrogen and oxygen atoms in total. The van der Waals surface area contributed by atoms with Crippen molar-refractivity contribution in [3.8, 4) is 0 Å². The zero-order valence-corrected chi connectivity index (χ0v) is 12.2. The number of nitrogens with one attached hydrogen (secondary N) is 1. The molecular weight excluding hydrogens is 228 g/mol. The van der Waals surface area contributed by atoms with Crippen LogP contribution in [0.5, 0.6) is 0 Å². The van der Waals surface area contributed by atoms with E-state index in [-0.39, 0.29) is 12.1 Å². The Morgan fingerprint density at radius 1 is 1.39 bits per heavy atom. The zero-order valence-electron chi connectivity index (χ0n) is 12.2. The molecule has 1 aliphatic rings. The Morgan fingerprint density at radius 2 is 2.00 bits per heavy atom. The van der Waals surface area contributed by atoms with Crippen LogP contribution >= 0.6 is 0 Å². The summed E-state index contributed by atoms with van der Waals surface area (Å²) in [5.41, 5.74) is 1.58. The monoisotopic (exact) mass is 252 g/mol. The average Bonchev–Trinajstić information content (AvgIpc) is 2.28. The minimum Gasteiger partial charge on any atom is -0.486 e. The van der Waals surface area contributed by atoms with Gasteiger partial charge in [0.2, 0.25) is 0 Å². The van der Waals surface area contributed by atoms with E-state index < -0.39 is 0 Å². The molecular formula is C14H24N2O2. The van der Waals surface area contributed by atoms with Gasteiger partial charge in [0.15, 0.2) is 12.0 Å². The molecule has 0 aromatic heterocycles. The first-order valence-corrected chi connectivity index (χ1v) is 6.38. The zero-order chi connectivity index (χ0) is 13.9. The molecule has 0 saturated carbocycles. The highest BCUT2D eigenvalue weighted by molar-refractivity contribution is 5.75. The van der Waals surface area contributed by atoms with Gasteiger partial charge in [-0.2, -0.15) is 0 Å². The van der Waals surface area contributed by atoms with Crippen molar-refractivity contribution in [2.45, 2.75) is 39.8 Å². The highest BCUT2D eigenvalue weighted by Crippen LogP contribution is 2.27. The topological polar surface area (TPSA) is 41.6 Å². The van der Waals surface area contributed by atoms with Crippen molar-refractivity contribution in [3.63, 3.8) is 0 Å². The molecule has 4 heteroatoms. The molecule has 2 unspecified atom stereocenters. The van der Waals surface area contributed by atoms with Gasteiger partial charge in [-0.05, 0) is 19.8 Å². The lowest BCUT2D eigenvalue weighted by Gasteiger charge is -2.33. The van der Waals surface area contributed by atoms with E-state index >= 15 is 0 Å². The molecule has 0 amide bonds. The second-order valence-electron chi connectivity index (χ2n) is 5.32. The second kappa shape index (κ2) is 5.94. The van der Waals surface area contributed by atoms with Gasteiger partial charge in [-0.25, -0.2) is 0 Å². The summed E-state index contributed by atoms with van der Waals surface area (Å²) in [4.78, 5) is 13.2. The van der Waals surface area contributed by atoms with Gasteiger partial charge in [-0.1, -0.05) is 13.8 Å². The van der Waals surface area contributed by atoms with Crippen LogP contribution in [0.2, 0.25) is 0 Å². The van der Waals surface area contributed by atoms with E-state index in [4.69, 9.17) is 4.74 Å². The van der Waals surface area contributed by atoms with Crippen LogP contribution in [-0.2, 0) is 9.53 Å². The van der Waals surface area contributed by atoms with Gasteiger partial charge >= 0.3 is 0 Å². The summed E-state index contributed by atoms with van der Waals surface area (Å²) >= 11 is 0. The van der Waals surface area contributed by atoms with Crippen molar-refractivity contribution in [2.75, 3.05) is 14.1 Å². The predicted octanol–water partition coefficient (Wildman–Crippen LogP) is 1.90. The van der Waals surface area contributed by atoms with Gasteiger partial charge in [-0.3, -0.25) is 4.79 Å². The van der Waals surface area contributed by atoms with Crippen LogP contribution in [-0.4, -0.2) is 37.4 Å². The van der Waals surface area contributed by atoms with E-state index in [2.05, 4.69) is 19.2 Å². The molecule has 0 saturated heterocycles. The number of ether oxygens (including phenoxy) is 1. The van der Waals surface area contributed by atoms with E-state index in [0.29, 0.717) is 17.4 Å². The number of carbonyl (C=O) groups excluding carboxylic acids is 1. The molecule has 0 aliphatic carbocycles. The van der Waals surface area contributed by atoms with Crippen LogP contribution in [0.25, 0.3) is 0 Å².